The van der Waals surface area contributed by atoms with Crippen LogP contribution in [0, 0.1) is 11.8 Å². The van der Waals surface area contributed by atoms with Crippen molar-refractivity contribution in [2.45, 2.75) is 46.2 Å². The number of aliphatic imine (C=N–C) groups is 1. The number of hydrogen-bond donors (Lipinski definition) is 4. The number of nitrogens with two attached hydrogens (primary N) is 1. The third-order valence-electron chi connectivity index (χ3n) is 4.92. The van der Waals surface area contributed by atoms with E-state index in [1.165, 1.54) is 12.4 Å². The molecular formula is C20H30N6O3. The lowest BCUT2D eigenvalue weighted by Crippen LogP contribution is -2.20. The molecule has 0 aromatic carbocycles. The van der Waals surface area contributed by atoms with E-state index in [9.17, 15) is 4.79 Å². The van der Waals surface area contributed by atoms with E-state index >= 15 is 0 Å². The number of fused-ring (bicyclic) bond motifs is 1. The minimum absolute atomic E-state index is 0.0219. The molecule has 0 saturated carbocycles. The van der Waals surface area contributed by atoms with Crippen molar-refractivity contribution in [1.29, 1.82) is 0 Å². The van der Waals surface area contributed by atoms with E-state index in [-0.39, 0.29) is 13.0 Å². The topological polar surface area (TPSA) is 139 Å². The molecule has 0 saturated heterocycles. The Labute approximate surface area is 170 Å². The van der Waals surface area contributed by atoms with Crippen LogP contribution in [-0.2, 0) is 11.3 Å². The SMILES string of the molecule is CC[C@H](Cn1ccc2cnc(N/C(C=N[C@@H](CCO)C(=O)O)=C/N)nc21)C(C)C. The van der Waals surface area contributed by atoms with Gasteiger partial charge in [-0.3, -0.25) is 4.99 Å². The minimum Gasteiger partial charge on any atom is -0.480 e. The maximum absolute atomic E-state index is 11.1. The second-order valence-electron chi connectivity index (χ2n) is 7.24. The highest BCUT2D eigenvalue weighted by Gasteiger charge is 2.15. The highest BCUT2D eigenvalue weighted by molar-refractivity contribution is 5.85. The number of nitrogens with one attached hydrogen (secondary N) is 1. The van der Waals surface area contributed by atoms with Crippen LogP contribution in [0.1, 0.15) is 33.6 Å². The van der Waals surface area contributed by atoms with Crippen molar-refractivity contribution >= 4 is 29.2 Å². The van der Waals surface area contributed by atoms with Gasteiger partial charge in [0, 0.05) is 49.8 Å². The molecule has 0 aliphatic rings. The van der Waals surface area contributed by atoms with E-state index in [0.717, 1.165) is 24.0 Å². The molecule has 158 valence electrons. The molecular weight excluding hydrogens is 372 g/mol. The number of aliphatic hydroxyl groups is 1. The van der Waals surface area contributed by atoms with Gasteiger partial charge in [-0.05, 0) is 17.9 Å². The Morgan fingerprint density at radius 1 is 1.45 bits per heavy atom. The number of carboxylic acids is 1. The number of rotatable bonds is 11. The van der Waals surface area contributed by atoms with E-state index in [2.05, 4.69) is 45.6 Å². The number of carboxylic acid groups (broad SMARTS) is 1. The van der Waals surface area contributed by atoms with Gasteiger partial charge in [0.2, 0.25) is 5.95 Å². The van der Waals surface area contributed by atoms with Crippen LogP contribution in [0.15, 0.2) is 35.3 Å². The summed E-state index contributed by atoms with van der Waals surface area (Å²) in [6.07, 6.45) is 7.43. The number of aliphatic carboxylic acids is 1. The highest BCUT2D eigenvalue weighted by atomic mass is 16.4. The largest absolute Gasteiger partial charge is 0.480 e. The molecule has 2 rings (SSSR count). The molecule has 2 atom stereocenters. The zero-order valence-electron chi connectivity index (χ0n) is 17.1. The van der Waals surface area contributed by atoms with Gasteiger partial charge in [-0.1, -0.05) is 27.2 Å². The average Bonchev–Trinajstić information content (AvgIpc) is 3.09. The Hall–Kier alpha value is -2.94. The molecule has 0 radical (unpaired) electrons. The summed E-state index contributed by atoms with van der Waals surface area (Å²) in [5.41, 5.74) is 6.80. The van der Waals surface area contributed by atoms with Crippen LogP contribution in [0.5, 0.6) is 0 Å². The van der Waals surface area contributed by atoms with Crippen molar-refractivity contribution in [3.63, 3.8) is 0 Å². The summed E-state index contributed by atoms with van der Waals surface area (Å²) in [7, 11) is 0. The molecule has 0 amide bonds. The Morgan fingerprint density at radius 3 is 2.79 bits per heavy atom. The third kappa shape index (κ3) is 6.02. The Bertz CT molecular complexity index is 874. The van der Waals surface area contributed by atoms with Gasteiger partial charge in [-0.25, -0.2) is 9.78 Å². The quantitative estimate of drug-likeness (QED) is 0.423. The summed E-state index contributed by atoms with van der Waals surface area (Å²) in [6, 6.07) is 0.944. The fraction of sp³-hybridized carbons (Fsp3) is 0.500. The first-order valence-corrected chi connectivity index (χ1v) is 9.77. The second-order valence-corrected chi connectivity index (χ2v) is 7.24. The van der Waals surface area contributed by atoms with E-state index in [4.69, 9.17) is 15.9 Å². The number of hydrogen-bond acceptors (Lipinski definition) is 7. The van der Waals surface area contributed by atoms with E-state index in [0.29, 0.717) is 23.5 Å². The lowest BCUT2D eigenvalue weighted by Gasteiger charge is -2.20. The van der Waals surface area contributed by atoms with Crippen LogP contribution in [0.3, 0.4) is 0 Å². The molecule has 5 N–H and O–H groups in total. The van der Waals surface area contributed by atoms with Gasteiger partial charge in [0.05, 0.1) is 5.70 Å². The maximum atomic E-state index is 11.1. The molecule has 2 heterocycles. The third-order valence-corrected chi connectivity index (χ3v) is 4.92. The van der Waals surface area contributed by atoms with Crippen molar-refractivity contribution < 1.29 is 15.0 Å². The van der Waals surface area contributed by atoms with Crippen LogP contribution >= 0.6 is 0 Å². The van der Waals surface area contributed by atoms with Crippen LogP contribution < -0.4 is 11.1 Å². The molecule has 0 aliphatic carbocycles. The monoisotopic (exact) mass is 402 g/mol. The first kappa shape index (κ1) is 22.4. The smallest absolute Gasteiger partial charge is 0.328 e. The molecule has 29 heavy (non-hydrogen) atoms. The summed E-state index contributed by atoms with van der Waals surface area (Å²) in [5, 5.41) is 22.0. The number of anilines is 1. The highest BCUT2D eigenvalue weighted by Crippen LogP contribution is 2.21. The van der Waals surface area contributed by atoms with Gasteiger partial charge < -0.3 is 25.8 Å². The molecule has 0 spiro atoms. The predicted octanol–water partition coefficient (Wildman–Crippen LogP) is 2.23. The number of carbonyl (C=O) groups is 1. The number of aromatic nitrogens is 3. The van der Waals surface area contributed by atoms with Gasteiger partial charge in [0.25, 0.3) is 0 Å². The summed E-state index contributed by atoms with van der Waals surface area (Å²) >= 11 is 0. The fourth-order valence-corrected chi connectivity index (χ4v) is 3.04. The van der Waals surface area contributed by atoms with Gasteiger partial charge in [0.1, 0.15) is 11.7 Å². The molecule has 9 heteroatoms. The van der Waals surface area contributed by atoms with Gasteiger partial charge in [-0.2, -0.15) is 4.98 Å². The van der Waals surface area contributed by atoms with Crippen molar-refractivity contribution in [3.8, 4) is 0 Å². The fourth-order valence-electron chi connectivity index (χ4n) is 3.04. The molecule has 2 aromatic heterocycles. The molecule has 0 unspecified atom stereocenters. The lowest BCUT2D eigenvalue weighted by molar-refractivity contribution is -0.138. The molecule has 0 fully saturated rings. The number of nitrogens with zero attached hydrogens (tertiary/aromatic N) is 4. The maximum Gasteiger partial charge on any atom is 0.328 e. The second kappa shape index (κ2) is 10.6. The minimum atomic E-state index is -1.11. The summed E-state index contributed by atoms with van der Waals surface area (Å²) in [4.78, 5) is 24.0. The molecule has 0 bridgehead atoms. The van der Waals surface area contributed by atoms with Crippen molar-refractivity contribution in [1.82, 2.24) is 14.5 Å². The zero-order chi connectivity index (χ0) is 21.4. The van der Waals surface area contributed by atoms with Crippen LogP contribution in [0.4, 0.5) is 5.95 Å². The van der Waals surface area contributed by atoms with E-state index < -0.39 is 12.0 Å². The predicted molar refractivity (Wildman–Crippen MR) is 114 cm³/mol. The summed E-state index contributed by atoms with van der Waals surface area (Å²) in [5.74, 6) is 0.342. The van der Waals surface area contributed by atoms with E-state index in [1.54, 1.807) is 6.20 Å². The zero-order valence-corrected chi connectivity index (χ0v) is 17.1. The standard InChI is InChI=1S/C20H30N6O3/c1-4-14(13(2)3)12-26-7-5-15-10-23-20(25-18(15)26)24-16(9-21)11-22-17(6-8-27)19(28)29/h5,7,9-11,13-14,17,27H,4,6,8,12,21H2,1-3H3,(H,28,29)(H,23,24,25)/b16-9+,22-11?/t14-,17+/m1/s1. The van der Waals surface area contributed by atoms with Crippen molar-refractivity contribution in [2.75, 3.05) is 11.9 Å². The van der Waals surface area contributed by atoms with Crippen LogP contribution in [-0.4, -0.2) is 49.6 Å². The average molecular weight is 402 g/mol. The van der Waals surface area contributed by atoms with Crippen LogP contribution in [0.2, 0.25) is 0 Å². The van der Waals surface area contributed by atoms with Gasteiger partial charge in [-0.15, -0.1) is 0 Å². The lowest BCUT2D eigenvalue weighted by atomic mass is 9.93. The first-order valence-electron chi connectivity index (χ1n) is 9.77. The summed E-state index contributed by atoms with van der Waals surface area (Å²) in [6.45, 7) is 7.24. The van der Waals surface area contributed by atoms with Crippen molar-refractivity contribution in [2.24, 2.45) is 22.6 Å². The van der Waals surface area contributed by atoms with Crippen molar-refractivity contribution in [3.05, 3.63) is 30.4 Å². The Balaban J connectivity index is 2.20. The Kier molecular flexibility index (Phi) is 8.14. The first-order chi connectivity index (χ1) is 13.9. The normalized spacial score (nSPS) is 14.6. The van der Waals surface area contributed by atoms with E-state index in [1.807, 2.05) is 12.3 Å². The summed E-state index contributed by atoms with van der Waals surface area (Å²) < 4.78 is 2.12. The molecule has 0 aliphatic heterocycles. The molecule has 2 aromatic rings. The van der Waals surface area contributed by atoms with Crippen LogP contribution in [0.25, 0.3) is 11.0 Å². The Morgan fingerprint density at radius 2 is 2.21 bits per heavy atom. The molecule has 9 nitrogen and oxygen atoms in total. The van der Waals surface area contributed by atoms with Gasteiger partial charge >= 0.3 is 5.97 Å². The van der Waals surface area contributed by atoms with Gasteiger partial charge in [0.15, 0.2) is 0 Å². The number of allylic oxidation sites excluding steroid dienone is 1. The number of aliphatic hydroxyl groups excluding tert-OH is 1.